The van der Waals surface area contributed by atoms with Crippen LogP contribution in [0.2, 0.25) is 0 Å². The SMILES string of the molecule is COc1cc(OC)cc(C(=O)N=C2S[C@H]3CS(=O)(=O)C[C@@H]3N2c2ccccc2)c1. The molecule has 2 aliphatic rings. The lowest BCUT2D eigenvalue weighted by Gasteiger charge is -2.24. The maximum absolute atomic E-state index is 12.9. The number of amides is 1. The number of hydrogen-bond donors (Lipinski definition) is 0. The Morgan fingerprint density at radius 3 is 2.34 bits per heavy atom. The smallest absolute Gasteiger partial charge is 0.279 e. The van der Waals surface area contributed by atoms with Crippen molar-refractivity contribution in [3.63, 3.8) is 0 Å². The van der Waals surface area contributed by atoms with Crippen LogP contribution in [-0.2, 0) is 9.84 Å². The van der Waals surface area contributed by atoms with Crippen LogP contribution < -0.4 is 14.4 Å². The summed E-state index contributed by atoms with van der Waals surface area (Å²) in [4.78, 5) is 19.1. The fraction of sp³-hybridized carbons (Fsp3) is 0.300. The van der Waals surface area contributed by atoms with Crippen LogP contribution in [0.15, 0.2) is 53.5 Å². The molecular weight excluding hydrogens is 412 g/mol. The summed E-state index contributed by atoms with van der Waals surface area (Å²) in [6.45, 7) is 0. The third-order valence-electron chi connectivity index (χ3n) is 4.90. The number of ether oxygens (including phenoxy) is 2. The van der Waals surface area contributed by atoms with E-state index in [0.717, 1.165) is 5.69 Å². The number of amidine groups is 1. The van der Waals surface area contributed by atoms with Crippen LogP contribution in [0.3, 0.4) is 0 Å². The van der Waals surface area contributed by atoms with Crippen LogP contribution >= 0.6 is 11.8 Å². The van der Waals surface area contributed by atoms with Gasteiger partial charge in [0.05, 0.1) is 31.8 Å². The van der Waals surface area contributed by atoms with E-state index in [2.05, 4.69) is 4.99 Å². The first-order chi connectivity index (χ1) is 13.9. The normalized spacial score (nSPS) is 23.8. The van der Waals surface area contributed by atoms with Crippen molar-refractivity contribution in [3.8, 4) is 11.5 Å². The highest BCUT2D eigenvalue weighted by molar-refractivity contribution is 8.16. The van der Waals surface area contributed by atoms with Crippen molar-refractivity contribution in [2.45, 2.75) is 11.3 Å². The minimum Gasteiger partial charge on any atom is -0.497 e. The summed E-state index contributed by atoms with van der Waals surface area (Å²) in [5.41, 5.74) is 1.16. The summed E-state index contributed by atoms with van der Waals surface area (Å²) in [5, 5.41) is 0.361. The van der Waals surface area contributed by atoms with Gasteiger partial charge in [-0.25, -0.2) is 8.42 Å². The van der Waals surface area contributed by atoms with Crippen molar-refractivity contribution in [2.75, 3.05) is 30.6 Å². The summed E-state index contributed by atoms with van der Waals surface area (Å²) in [5.74, 6) is 0.698. The number of rotatable bonds is 4. The zero-order chi connectivity index (χ0) is 20.6. The number of aliphatic imine (C=N–C) groups is 1. The van der Waals surface area contributed by atoms with Crippen LogP contribution in [0.5, 0.6) is 11.5 Å². The summed E-state index contributed by atoms with van der Waals surface area (Å²) < 4.78 is 34.7. The molecule has 9 heteroatoms. The van der Waals surface area contributed by atoms with Gasteiger partial charge < -0.3 is 14.4 Å². The lowest BCUT2D eigenvalue weighted by molar-refractivity contribution is 0.100. The van der Waals surface area contributed by atoms with E-state index in [1.165, 1.54) is 26.0 Å². The summed E-state index contributed by atoms with van der Waals surface area (Å²) in [7, 11) is -0.0752. The molecule has 0 N–H and O–H groups in total. The molecule has 1 amide bonds. The number of nitrogens with zero attached hydrogens (tertiary/aromatic N) is 2. The van der Waals surface area contributed by atoms with E-state index in [1.54, 1.807) is 18.2 Å². The van der Waals surface area contributed by atoms with Gasteiger partial charge in [0.1, 0.15) is 11.5 Å². The number of anilines is 1. The highest BCUT2D eigenvalue weighted by Gasteiger charge is 2.49. The molecule has 7 nitrogen and oxygen atoms in total. The Hall–Kier alpha value is -2.52. The van der Waals surface area contributed by atoms with E-state index in [9.17, 15) is 13.2 Å². The third-order valence-corrected chi connectivity index (χ3v) is 8.11. The second kappa shape index (κ2) is 7.72. The molecule has 152 valence electrons. The van der Waals surface area contributed by atoms with Gasteiger partial charge in [-0.1, -0.05) is 30.0 Å². The van der Waals surface area contributed by atoms with Gasteiger partial charge in [0, 0.05) is 22.6 Å². The molecule has 2 atom stereocenters. The van der Waals surface area contributed by atoms with Gasteiger partial charge >= 0.3 is 0 Å². The van der Waals surface area contributed by atoms with Crippen LogP contribution in [0, 0.1) is 0 Å². The molecule has 0 aromatic heterocycles. The standard InChI is InChI=1S/C20H20N2O5S2/c1-26-15-8-13(9-16(10-15)27-2)19(23)21-20-22(14-6-4-3-5-7-14)17-11-29(24,25)12-18(17)28-20/h3-10,17-18H,11-12H2,1-2H3/t17-,18-/m0/s1. The Morgan fingerprint density at radius 2 is 1.72 bits per heavy atom. The van der Waals surface area contributed by atoms with E-state index < -0.39 is 15.7 Å². The van der Waals surface area contributed by atoms with Gasteiger partial charge in [-0.15, -0.1) is 0 Å². The quantitative estimate of drug-likeness (QED) is 0.734. The van der Waals surface area contributed by atoms with Crippen LogP contribution in [0.1, 0.15) is 10.4 Å². The topological polar surface area (TPSA) is 85.3 Å². The average molecular weight is 433 g/mol. The minimum absolute atomic E-state index is 0.0553. The number of carbonyl (C=O) groups excluding carboxylic acids is 1. The molecule has 2 aliphatic heterocycles. The molecule has 0 bridgehead atoms. The van der Waals surface area contributed by atoms with Crippen LogP contribution in [0.4, 0.5) is 5.69 Å². The third kappa shape index (κ3) is 3.97. The van der Waals surface area contributed by atoms with Crippen LogP contribution in [-0.4, -0.2) is 56.5 Å². The largest absolute Gasteiger partial charge is 0.497 e. The van der Waals surface area contributed by atoms with Gasteiger partial charge in [0.15, 0.2) is 15.0 Å². The molecule has 0 aliphatic carbocycles. The first kappa shape index (κ1) is 19.8. The number of benzene rings is 2. The number of carbonyl (C=O) groups is 1. The Balaban J connectivity index is 1.71. The molecular formula is C20H20N2O5S2. The fourth-order valence-corrected chi connectivity index (χ4v) is 7.45. The zero-order valence-electron chi connectivity index (χ0n) is 15.9. The Morgan fingerprint density at radius 1 is 1.07 bits per heavy atom. The van der Waals surface area contributed by atoms with Crippen molar-refractivity contribution in [3.05, 3.63) is 54.1 Å². The molecule has 0 spiro atoms. The second-order valence-electron chi connectivity index (χ2n) is 6.81. The number of sulfone groups is 1. The molecule has 2 saturated heterocycles. The van der Waals surface area contributed by atoms with Crippen molar-refractivity contribution >= 4 is 38.4 Å². The van der Waals surface area contributed by atoms with Crippen molar-refractivity contribution in [1.82, 2.24) is 0 Å². The number of hydrogen-bond acceptors (Lipinski definition) is 6. The molecule has 0 unspecified atom stereocenters. The number of thioether (sulfide) groups is 1. The second-order valence-corrected chi connectivity index (χ2v) is 10.2. The van der Waals surface area contributed by atoms with Gasteiger partial charge in [-0.05, 0) is 24.3 Å². The molecule has 2 fully saturated rings. The zero-order valence-corrected chi connectivity index (χ0v) is 17.6. The van der Waals surface area contributed by atoms with Gasteiger partial charge in [0.2, 0.25) is 0 Å². The highest BCUT2D eigenvalue weighted by atomic mass is 32.2. The highest BCUT2D eigenvalue weighted by Crippen LogP contribution is 2.41. The average Bonchev–Trinajstić information content (AvgIpc) is 3.18. The molecule has 2 aromatic rings. The minimum atomic E-state index is -3.10. The Bertz CT molecular complexity index is 1050. The van der Waals surface area contributed by atoms with E-state index >= 15 is 0 Å². The number of methoxy groups -OCH3 is 2. The molecule has 29 heavy (non-hydrogen) atoms. The summed E-state index contributed by atoms with van der Waals surface area (Å²) in [6, 6.07) is 14.1. The molecule has 2 aromatic carbocycles. The van der Waals surface area contributed by atoms with E-state index in [1.807, 2.05) is 35.2 Å². The first-order valence-electron chi connectivity index (χ1n) is 8.97. The lowest BCUT2D eigenvalue weighted by Crippen LogP contribution is -2.37. The molecule has 4 rings (SSSR count). The number of para-hydroxylation sites is 1. The Labute approximate surface area is 173 Å². The maximum atomic E-state index is 12.9. The van der Waals surface area contributed by atoms with Gasteiger partial charge in [0.25, 0.3) is 5.91 Å². The number of fused-ring (bicyclic) bond motifs is 1. The van der Waals surface area contributed by atoms with Crippen molar-refractivity contribution in [1.29, 1.82) is 0 Å². The predicted molar refractivity (Wildman–Crippen MR) is 114 cm³/mol. The van der Waals surface area contributed by atoms with E-state index in [4.69, 9.17) is 9.47 Å². The monoisotopic (exact) mass is 432 g/mol. The van der Waals surface area contributed by atoms with E-state index in [-0.39, 0.29) is 22.8 Å². The summed E-state index contributed by atoms with van der Waals surface area (Å²) >= 11 is 1.34. The molecule has 2 heterocycles. The van der Waals surface area contributed by atoms with E-state index in [0.29, 0.717) is 22.2 Å². The van der Waals surface area contributed by atoms with Crippen molar-refractivity contribution in [2.24, 2.45) is 4.99 Å². The van der Waals surface area contributed by atoms with Gasteiger partial charge in [-0.3, -0.25) is 4.79 Å². The molecule has 0 radical (unpaired) electrons. The summed E-state index contributed by atoms with van der Waals surface area (Å²) in [6.07, 6.45) is 0. The predicted octanol–water partition coefficient (Wildman–Crippen LogP) is 2.62. The van der Waals surface area contributed by atoms with Crippen molar-refractivity contribution < 1.29 is 22.7 Å². The first-order valence-corrected chi connectivity index (χ1v) is 11.7. The Kier molecular flexibility index (Phi) is 5.26. The van der Waals surface area contributed by atoms with Gasteiger partial charge in [-0.2, -0.15) is 4.99 Å². The lowest BCUT2D eigenvalue weighted by atomic mass is 10.2. The molecule has 0 saturated carbocycles. The fourth-order valence-electron chi connectivity index (χ4n) is 3.54. The van der Waals surface area contributed by atoms with Crippen LogP contribution in [0.25, 0.3) is 0 Å². The maximum Gasteiger partial charge on any atom is 0.279 e.